The summed E-state index contributed by atoms with van der Waals surface area (Å²) < 4.78 is 0. The van der Waals surface area contributed by atoms with Crippen LogP contribution in [-0.4, -0.2) is 23.9 Å². The Morgan fingerprint density at radius 1 is 1.28 bits per heavy atom. The molecule has 96 valence electrons. The van der Waals surface area contributed by atoms with E-state index in [-0.39, 0.29) is 5.92 Å². The molecule has 2 fully saturated rings. The maximum Gasteiger partial charge on any atom is 0.226 e. The van der Waals surface area contributed by atoms with Gasteiger partial charge in [0.25, 0.3) is 0 Å². The second-order valence-electron chi connectivity index (χ2n) is 5.89. The van der Waals surface area contributed by atoms with Crippen LogP contribution < -0.4 is 0 Å². The van der Waals surface area contributed by atoms with Crippen molar-refractivity contribution in [2.45, 2.75) is 32.1 Å². The van der Waals surface area contributed by atoms with Crippen LogP contribution in [0.5, 0.6) is 0 Å². The molecule has 3 rings (SSSR count). The van der Waals surface area contributed by atoms with Crippen LogP contribution in [0.15, 0.2) is 30.3 Å². The van der Waals surface area contributed by atoms with Crippen molar-refractivity contribution in [2.24, 2.45) is 11.8 Å². The highest BCUT2D eigenvalue weighted by Crippen LogP contribution is 2.48. The zero-order chi connectivity index (χ0) is 12.5. The van der Waals surface area contributed by atoms with E-state index in [9.17, 15) is 4.79 Å². The molecular formula is C16H21NO. The molecule has 1 amide bonds. The van der Waals surface area contributed by atoms with Crippen LogP contribution in [0.3, 0.4) is 0 Å². The number of hydrogen-bond acceptors (Lipinski definition) is 1. The zero-order valence-electron chi connectivity index (χ0n) is 11.0. The summed E-state index contributed by atoms with van der Waals surface area (Å²) in [6.45, 7) is 4.19. The molecule has 1 saturated carbocycles. The number of rotatable bonds is 2. The Kier molecular flexibility index (Phi) is 3.11. The van der Waals surface area contributed by atoms with Crippen molar-refractivity contribution < 1.29 is 4.79 Å². The van der Waals surface area contributed by atoms with E-state index in [1.807, 2.05) is 6.07 Å². The van der Waals surface area contributed by atoms with Gasteiger partial charge in [0, 0.05) is 19.0 Å². The van der Waals surface area contributed by atoms with Crippen molar-refractivity contribution in [1.82, 2.24) is 4.90 Å². The average Bonchev–Trinajstić information content (AvgIpc) is 3.19. The van der Waals surface area contributed by atoms with Gasteiger partial charge in [0.2, 0.25) is 5.91 Å². The van der Waals surface area contributed by atoms with Crippen LogP contribution in [-0.2, 0) is 4.79 Å². The lowest BCUT2D eigenvalue weighted by Gasteiger charge is -2.31. The minimum absolute atomic E-state index is 0.262. The van der Waals surface area contributed by atoms with E-state index >= 15 is 0 Å². The van der Waals surface area contributed by atoms with Gasteiger partial charge in [-0.05, 0) is 36.7 Å². The van der Waals surface area contributed by atoms with Crippen LogP contribution in [0.25, 0.3) is 0 Å². The Morgan fingerprint density at radius 2 is 2.06 bits per heavy atom. The van der Waals surface area contributed by atoms with Crippen LogP contribution in [0.1, 0.15) is 37.7 Å². The molecule has 0 bridgehead atoms. The quantitative estimate of drug-likeness (QED) is 0.782. The molecule has 2 heteroatoms. The summed E-state index contributed by atoms with van der Waals surface area (Å²) in [7, 11) is 0. The Morgan fingerprint density at radius 3 is 2.78 bits per heavy atom. The fourth-order valence-corrected chi connectivity index (χ4v) is 3.16. The fourth-order valence-electron chi connectivity index (χ4n) is 3.16. The molecule has 0 spiro atoms. The fraction of sp³-hybridized carbons (Fsp3) is 0.562. The lowest BCUT2D eigenvalue weighted by atomic mass is 9.99. The smallest absolute Gasteiger partial charge is 0.226 e. The third-order valence-electron chi connectivity index (χ3n) is 4.30. The van der Waals surface area contributed by atoms with Crippen molar-refractivity contribution in [2.75, 3.05) is 13.1 Å². The molecule has 0 radical (unpaired) electrons. The van der Waals surface area contributed by atoms with Crippen molar-refractivity contribution >= 4 is 5.91 Å². The highest BCUT2D eigenvalue weighted by molar-refractivity contribution is 5.83. The van der Waals surface area contributed by atoms with Gasteiger partial charge in [0.1, 0.15) is 0 Å². The SMILES string of the molecule is C[C@@H]1CCCN(C(=O)[C@H]2C[C@@H]2c2ccccc2)C1. The van der Waals surface area contributed by atoms with Crippen LogP contribution >= 0.6 is 0 Å². The third-order valence-corrected chi connectivity index (χ3v) is 4.30. The van der Waals surface area contributed by atoms with Gasteiger partial charge >= 0.3 is 0 Å². The molecule has 1 aromatic rings. The first-order valence-corrected chi connectivity index (χ1v) is 7.09. The monoisotopic (exact) mass is 243 g/mol. The maximum atomic E-state index is 12.4. The van der Waals surface area contributed by atoms with Crippen LogP contribution in [0, 0.1) is 11.8 Å². The van der Waals surface area contributed by atoms with Gasteiger partial charge in [-0.15, -0.1) is 0 Å². The molecule has 2 nitrogen and oxygen atoms in total. The number of likely N-dealkylation sites (tertiary alicyclic amines) is 1. The minimum atomic E-state index is 0.262. The number of carbonyl (C=O) groups is 1. The molecule has 3 atom stereocenters. The topological polar surface area (TPSA) is 20.3 Å². The second kappa shape index (κ2) is 4.75. The largest absolute Gasteiger partial charge is 0.342 e. The average molecular weight is 243 g/mol. The molecule has 1 aliphatic carbocycles. The number of amides is 1. The van der Waals surface area contributed by atoms with E-state index in [1.165, 1.54) is 18.4 Å². The van der Waals surface area contributed by atoms with Gasteiger partial charge in [-0.2, -0.15) is 0 Å². The predicted molar refractivity (Wildman–Crippen MR) is 72.3 cm³/mol. The summed E-state index contributed by atoms with van der Waals surface area (Å²) in [4.78, 5) is 14.5. The van der Waals surface area contributed by atoms with Crippen LogP contribution in [0.4, 0.5) is 0 Å². The highest BCUT2D eigenvalue weighted by Gasteiger charge is 2.45. The Balaban J connectivity index is 1.62. The first-order valence-electron chi connectivity index (χ1n) is 7.09. The Hall–Kier alpha value is -1.31. The predicted octanol–water partition coefficient (Wildman–Crippen LogP) is 3.05. The third kappa shape index (κ3) is 2.29. The molecule has 0 unspecified atom stereocenters. The first-order chi connectivity index (χ1) is 8.75. The minimum Gasteiger partial charge on any atom is -0.342 e. The summed E-state index contributed by atoms with van der Waals surface area (Å²) in [6.07, 6.45) is 3.50. The normalized spacial score (nSPS) is 31.2. The highest BCUT2D eigenvalue weighted by atomic mass is 16.2. The Labute approximate surface area is 109 Å². The summed E-state index contributed by atoms with van der Waals surface area (Å²) in [5, 5.41) is 0. The van der Waals surface area contributed by atoms with E-state index in [0.29, 0.717) is 17.7 Å². The van der Waals surface area contributed by atoms with E-state index in [1.54, 1.807) is 0 Å². The first kappa shape index (κ1) is 11.8. The van der Waals surface area contributed by atoms with Gasteiger partial charge in [-0.3, -0.25) is 4.79 Å². The molecule has 1 saturated heterocycles. The molecule has 1 heterocycles. The number of piperidine rings is 1. The van der Waals surface area contributed by atoms with Gasteiger partial charge in [0.05, 0.1) is 0 Å². The van der Waals surface area contributed by atoms with E-state index in [0.717, 1.165) is 19.5 Å². The summed E-state index contributed by atoms with van der Waals surface area (Å²) in [5.41, 5.74) is 1.33. The summed E-state index contributed by atoms with van der Waals surface area (Å²) in [5.74, 6) is 1.82. The lowest BCUT2D eigenvalue weighted by molar-refractivity contribution is -0.134. The molecule has 0 N–H and O–H groups in total. The number of carbonyl (C=O) groups excluding carboxylic acids is 1. The Bertz CT molecular complexity index is 428. The van der Waals surface area contributed by atoms with Crippen molar-refractivity contribution in [3.63, 3.8) is 0 Å². The lowest BCUT2D eigenvalue weighted by Crippen LogP contribution is -2.40. The molecule has 1 aliphatic heterocycles. The van der Waals surface area contributed by atoms with E-state index in [4.69, 9.17) is 0 Å². The van der Waals surface area contributed by atoms with Gasteiger partial charge in [0.15, 0.2) is 0 Å². The van der Waals surface area contributed by atoms with Crippen LogP contribution in [0.2, 0.25) is 0 Å². The molecule has 18 heavy (non-hydrogen) atoms. The van der Waals surface area contributed by atoms with Gasteiger partial charge in [-0.1, -0.05) is 37.3 Å². The second-order valence-corrected chi connectivity index (χ2v) is 5.89. The number of benzene rings is 1. The van der Waals surface area contributed by atoms with Crippen molar-refractivity contribution in [3.8, 4) is 0 Å². The van der Waals surface area contributed by atoms with Crippen molar-refractivity contribution in [3.05, 3.63) is 35.9 Å². The zero-order valence-corrected chi connectivity index (χ0v) is 11.0. The number of nitrogens with zero attached hydrogens (tertiary/aromatic N) is 1. The van der Waals surface area contributed by atoms with Crippen molar-refractivity contribution in [1.29, 1.82) is 0 Å². The molecule has 2 aliphatic rings. The maximum absolute atomic E-state index is 12.4. The van der Waals surface area contributed by atoms with E-state index < -0.39 is 0 Å². The molecule has 0 aromatic heterocycles. The summed E-state index contributed by atoms with van der Waals surface area (Å²) >= 11 is 0. The summed E-state index contributed by atoms with van der Waals surface area (Å²) in [6, 6.07) is 10.5. The van der Waals surface area contributed by atoms with Gasteiger partial charge in [-0.25, -0.2) is 0 Å². The molecular weight excluding hydrogens is 222 g/mol. The standard InChI is InChI=1S/C16H21NO/c1-12-6-5-9-17(11-12)16(18)15-10-14(15)13-7-3-2-4-8-13/h2-4,7-8,12,14-15H,5-6,9-11H2,1H3/t12-,14-,15+/m1/s1. The van der Waals surface area contributed by atoms with E-state index in [2.05, 4.69) is 36.1 Å². The number of hydrogen-bond donors (Lipinski definition) is 0. The van der Waals surface area contributed by atoms with Gasteiger partial charge < -0.3 is 4.90 Å². The molecule has 1 aromatic carbocycles.